The van der Waals surface area contributed by atoms with Crippen molar-refractivity contribution < 1.29 is 13.2 Å². The van der Waals surface area contributed by atoms with Gasteiger partial charge in [0.05, 0.1) is 28.4 Å². The monoisotopic (exact) mass is 504 g/mol. The van der Waals surface area contributed by atoms with Gasteiger partial charge in [-0.05, 0) is 42.8 Å². The molecule has 10 heteroatoms. The number of benzene rings is 2. The van der Waals surface area contributed by atoms with Crippen LogP contribution < -0.4 is 11.1 Å². The molecule has 0 radical (unpaired) electrons. The fourth-order valence-electron chi connectivity index (χ4n) is 4.10. The molecule has 1 fully saturated rings. The first kappa shape index (κ1) is 25.3. The largest absolute Gasteiger partial charge is 0.397 e. The van der Waals surface area contributed by atoms with Crippen LogP contribution in [0.3, 0.4) is 0 Å². The molecule has 3 aromatic rings. The highest BCUT2D eigenvalue weighted by Crippen LogP contribution is 2.24. The van der Waals surface area contributed by atoms with Gasteiger partial charge in [-0.2, -0.15) is 9.57 Å². The van der Waals surface area contributed by atoms with Gasteiger partial charge in [0.15, 0.2) is 0 Å². The van der Waals surface area contributed by atoms with Crippen LogP contribution in [0.25, 0.3) is 11.3 Å². The molecular formula is C26H28N6O3S. The molecule has 0 unspecified atom stereocenters. The number of nitrogen functional groups attached to an aromatic ring is 1. The van der Waals surface area contributed by atoms with Crippen LogP contribution in [-0.4, -0.2) is 60.4 Å². The number of carbonyl (C=O) groups is 1. The van der Waals surface area contributed by atoms with Gasteiger partial charge in [0.25, 0.3) is 5.91 Å². The van der Waals surface area contributed by atoms with E-state index in [2.05, 4.69) is 21.3 Å². The van der Waals surface area contributed by atoms with E-state index < -0.39 is 10.0 Å². The molecular weight excluding hydrogens is 476 g/mol. The van der Waals surface area contributed by atoms with Crippen molar-refractivity contribution in [3.05, 3.63) is 77.5 Å². The van der Waals surface area contributed by atoms with Crippen LogP contribution in [0.2, 0.25) is 0 Å². The third kappa shape index (κ3) is 5.71. The summed E-state index contributed by atoms with van der Waals surface area (Å²) >= 11 is 0. The Kier molecular flexibility index (Phi) is 7.64. The van der Waals surface area contributed by atoms with Crippen LogP contribution in [-0.2, 0) is 16.6 Å². The quantitative estimate of drug-likeness (QED) is 0.473. The van der Waals surface area contributed by atoms with Gasteiger partial charge in [-0.25, -0.2) is 8.42 Å². The smallest absolute Gasteiger partial charge is 0.255 e. The Bertz CT molecular complexity index is 1390. The summed E-state index contributed by atoms with van der Waals surface area (Å²) in [5.41, 5.74) is 9.98. The summed E-state index contributed by atoms with van der Waals surface area (Å²) in [7, 11) is -3.17. The fraction of sp³-hybridized carbons (Fsp3) is 0.269. The van der Waals surface area contributed by atoms with E-state index in [0.717, 1.165) is 11.1 Å². The topological polar surface area (TPSA) is 132 Å². The predicted octanol–water partition coefficient (Wildman–Crippen LogP) is 2.92. The standard InChI is InChI=1S/C26H28N6O3S/c1-2-36(34,35)32-13-11-31(12-14-32)18-19-15-22(16-27)25(29-17-19)20-7-9-21(10-8-20)26(33)30-24-6-4-3-5-23(24)28/h3-10,15,17H,2,11-14,18,28H2,1H3,(H,30,33). The number of nitrogens with zero attached hydrogens (tertiary/aromatic N) is 4. The van der Waals surface area contributed by atoms with Crippen molar-refractivity contribution in [2.45, 2.75) is 13.5 Å². The summed E-state index contributed by atoms with van der Waals surface area (Å²) in [6.07, 6.45) is 1.74. The lowest BCUT2D eigenvalue weighted by molar-refractivity contribution is 0.102. The average molecular weight is 505 g/mol. The summed E-state index contributed by atoms with van der Waals surface area (Å²) in [6, 6.07) is 18.0. The minimum Gasteiger partial charge on any atom is -0.397 e. The molecule has 1 amide bonds. The normalized spacial score (nSPS) is 14.8. The van der Waals surface area contributed by atoms with Gasteiger partial charge < -0.3 is 11.1 Å². The van der Waals surface area contributed by atoms with Gasteiger partial charge in [0.1, 0.15) is 6.07 Å². The van der Waals surface area contributed by atoms with Gasteiger partial charge in [-0.3, -0.25) is 14.7 Å². The maximum Gasteiger partial charge on any atom is 0.255 e. The van der Waals surface area contributed by atoms with E-state index >= 15 is 0 Å². The van der Waals surface area contributed by atoms with Crippen molar-refractivity contribution in [2.24, 2.45) is 0 Å². The van der Waals surface area contributed by atoms with Gasteiger partial charge >= 0.3 is 0 Å². The van der Waals surface area contributed by atoms with E-state index in [4.69, 9.17) is 5.73 Å². The second kappa shape index (κ2) is 10.9. The molecule has 186 valence electrons. The number of nitrogens with two attached hydrogens (primary N) is 1. The number of para-hydroxylation sites is 2. The number of pyridine rings is 1. The second-order valence-corrected chi connectivity index (χ2v) is 10.8. The lowest BCUT2D eigenvalue weighted by atomic mass is 10.0. The Balaban J connectivity index is 1.43. The summed E-state index contributed by atoms with van der Waals surface area (Å²) in [5.74, 6) is -0.174. The zero-order chi connectivity index (χ0) is 25.7. The zero-order valence-electron chi connectivity index (χ0n) is 20.0. The van der Waals surface area contributed by atoms with E-state index in [1.54, 1.807) is 61.7 Å². The Morgan fingerprint density at radius 1 is 1.11 bits per heavy atom. The first-order valence-electron chi connectivity index (χ1n) is 11.7. The van der Waals surface area contributed by atoms with E-state index in [-0.39, 0.29) is 11.7 Å². The molecule has 1 saturated heterocycles. The second-order valence-electron chi connectivity index (χ2n) is 8.55. The summed E-state index contributed by atoms with van der Waals surface area (Å²) < 4.78 is 25.7. The highest BCUT2D eigenvalue weighted by atomic mass is 32.2. The molecule has 1 aliphatic heterocycles. The number of amides is 1. The van der Waals surface area contributed by atoms with Crippen LogP contribution in [0.5, 0.6) is 0 Å². The first-order valence-corrected chi connectivity index (χ1v) is 13.3. The summed E-state index contributed by atoms with van der Waals surface area (Å²) in [4.78, 5) is 19.3. The Labute approximate surface area is 211 Å². The Morgan fingerprint density at radius 3 is 2.44 bits per heavy atom. The molecule has 36 heavy (non-hydrogen) atoms. The number of hydrogen-bond donors (Lipinski definition) is 2. The minimum absolute atomic E-state index is 0.108. The molecule has 0 aliphatic carbocycles. The van der Waals surface area contributed by atoms with Crippen molar-refractivity contribution in [1.29, 1.82) is 5.26 Å². The lowest BCUT2D eigenvalue weighted by Crippen LogP contribution is -2.48. The van der Waals surface area contributed by atoms with Crippen LogP contribution in [0.1, 0.15) is 28.4 Å². The number of sulfonamides is 1. The number of aromatic nitrogens is 1. The van der Waals surface area contributed by atoms with Gasteiger partial charge in [0, 0.05) is 50.0 Å². The van der Waals surface area contributed by atoms with E-state index in [1.165, 1.54) is 4.31 Å². The van der Waals surface area contributed by atoms with Gasteiger partial charge in [-0.1, -0.05) is 24.3 Å². The number of rotatable bonds is 7. The zero-order valence-corrected chi connectivity index (χ0v) is 20.8. The molecule has 9 nitrogen and oxygen atoms in total. The number of nitriles is 1. The third-order valence-electron chi connectivity index (χ3n) is 6.19. The molecule has 1 aromatic heterocycles. The summed E-state index contributed by atoms with van der Waals surface area (Å²) in [5, 5.41) is 12.5. The van der Waals surface area contributed by atoms with E-state index in [9.17, 15) is 18.5 Å². The minimum atomic E-state index is -3.17. The summed E-state index contributed by atoms with van der Waals surface area (Å²) in [6.45, 7) is 4.42. The fourth-order valence-corrected chi connectivity index (χ4v) is 5.19. The highest BCUT2D eigenvalue weighted by Gasteiger charge is 2.25. The number of carbonyl (C=O) groups excluding carboxylic acids is 1. The number of hydrogen-bond acceptors (Lipinski definition) is 7. The van der Waals surface area contributed by atoms with Gasteiger partial charge in [-0.15, -0.1) is 0 Å². The maximum atomic E-state index is 12.6. The first-order chi connectivity index (χ1) is 17.3. The van der Waals surface area contributed by atoms with Crippen molar-refractivity contribution in [3.8, 4) is 17.3 Å². The molecule has 0 saturated carbocycles. The van der Waals surface area contributed by atoms with Crippen LogP contribution in [0, 0.1) is 11.3 Å². The number of anilines is 2. The van der Waals surface area contributed by atoms with Crippen molar-refractivity contribution in [1.82, 2.24) is 14.2 Å². The molecule has 2 aromatic carbocycles. The van der Waals surface area contributed by atoms with Crippen LogP contribution in [0.15, 0.2) is 60.8 Å². The maximum absolute atomic E-state index is 12.6. The molecule has 0 atom stereocenters. The van der Waals surface area contributed by atoms with Crippen molar-refractivity contribution in [2.75, 3.05) is 43.0 Å². The third-order valence-corrected chi connectivity index (χ3v) is 8.07. The molecule has 0 spiro atoms. The van der Waals surface area contributed by atoms with Crippen LogP contribution in [0.4, 0.5) is 11.4 Å². The van der Waals surface area contributed by atoms with Crippen molar-refractivity contribution >= 4 is 27.3 Å². The SMILES string of the molecule is CCS(=O)(=O)N1CCN(Cc2cnc(-c3ccc(C(=O)Nc4ccccc4N)cc3)c(C#N)c2)CC1. The Morgan fingerprint density at radius 2 is 1.81 bits per heavy atom. The predicted molar refractivity (Wildman–Crippen MR) is 140 cm³/mol. The molecule has 4 rings (SSSR count). The lowest BCUT2D eigenvalue weighted by Gasteiger charge is -2.33. The highest BCUT2D eigenvalue weighted by molar-refractivity contribution is 7.89. The van der Waals surface area contributed by atoms with Gasteiger partial charge in [0.2, 0.25) is 10.0 Å². The van der Waals surface area contributed by atoms with E-state index in [1.807, 2.05) is 6.07 Å². The molecule has 3 N–H and O–H groups in total. The van der Waals surface area contributed by atoms with Crippen LogP contribution >= 0.6 is 0 Å². The average Bonchev–Trinajstić information content (AvgIpc) is 2.90. The molecule has 1 aliphatic rings. The molecule has 0 bridgehead atoms. The number of piperazine rings is 1. The Hall–Kier alpha value is -3.78. The molecule has 2 heterocycles. The number of nitrogens with one attached hydrogen (secondary N) is 1. The van der Waals surface area contributed by atoms with Crippen molar-refractivity contribution in [3.63, 3.8) is 0 Å². The van der Waals surface area contributed by atoms with E-state index in [0.29, 0.717) is 60.9 Å².